The fraction of sp³-hybridized carbons (Fsp3) is 0.562. The van der Waals surface area contributed by atoms with Crippen molar-refractivity contribution >= 4 is 17.6 Å². The van der Waals surface area contributed by atoms with Crippen LogP contribution in [0.4, 0.5) is 9.18 Å². The van der Waals surface area contributed by atoms with Crippen LogP contribution in [0.25, 0.3) is 0 Å². The molecule has 0 saturated heterocycles. The van der Waals surface area contributed by atoms with Gasteiger partial charge < -0.3 is 20.5 Å². The summed E-state index contributed by atoms with van der Waals surface area (Å²) in [5, 5.41) is 15.2. The van der Waals surface area contributed by atoms with Crippen molar-refractivity contribution in [2.75, 3.05) is 26.8 Å². The van der Waals surface area contributed by atoms with Crippen molar-refractivity contribution in [3.05, 3.63) is 34.6 Å². The summed E-state index contributed by atoms with van der Waals surface area (Å²) < 4.78 is 17.9. The first kappa shape index (κ1) is 19.7. The van der Waals surface area contributed by atoms with Crippen LogP contribution in [0.5, 0.6) is 0 Å². The van der Waals surface area contributed by atoms with Gasteiger partial charge >= 0.3 is 6.03 Å². The quantitative estimate of drug-likeness (QED) is 0.677. The predicted octanol–water partition coefficient (Wildman–Crippen LogP) is 2.45. The van der Waals surface area contributed by atoms with E-state index in [1.165, 1.54) is 19.2 Å². The topological polar surface area (TPSA) is 70.6 Å². The molecule has 5 nitrogen and oxygen atoms in total. The summed E-state index contributed by atoms with van der Waals surface area (Å²) in [4.78, 5) is 11.8. The fourth-order valence-corrected chi connectivity index (χ4v) is 2.55. The molecule has 0 aliphatic rings. The average Bonchev–Trinajstić information content (AvgIpc) is 2.45. The molecule has 1 rings (SSSR count). The Labute approximate surface area is 141 Å². The molecule has 7 heteroatoms. The van der Waals surface area contributed by atoms with Gasteiger partial charge in [-0.1, -0.05) is 31.5 Å². The zero-order valence-corrected chi connectivity index (χ0v) is 14.4. The molecule has 1 atom stereocenters. The van der Waals surface area contributed by atoms with Crippen LogP contribution < -0.4 is 10.6 Å². The summed E-state index contributed by atoms with van der Waals surface area (Å²) in [6.07, 6.45) is -0.191. The lowest BCUT2D eigenvalue weighted by Gasteiger charge is -2.26. The van der Waals surface area contributed by atoms with E-state index in [9.17, 15) is 14.3 Å². The third-order valence-corrected chi connectivity index (χ3v) is 3.79. The van der Waals surface area contributed by atoms with Crippen molar-refractivity contribution in [3.8, 4) is 0 Å². The first-order valence-electron chi connectivity index (χ1n) is 7.40. The van der Waals surface area contributed by atoms with Crippen LogP contribution in [0, 0.1) is 5.82 Å². The number of rotatable bonds is 8. The Bertz CT molecular complexity index is 526. The molecule has 23 heavy (non-hydrogen) atoms. The Morgan fingerprint density at radius 2 is 2.13 bits per heavy atom. The normalized spacial score (nSPS) is 12.8. The molecule has 130 valence electrons. The third kappa shape index (κ3) is 6.72. The Morgan fingerprint density at radius 1 is 1.43 bits per heavy atom. The van der Waals surface area contributed by atoms with Crippen molar-refractivity contribution in [2.45, 2.75) is 31.8 Å². The summed E-state index contributed by atoms with van der Waals surface area (Å²) in [5.41, 5.74) is 0.314. The first-order valence-corrected chi connectivity index (χ1v) is 7.78. The van der Waals surface area contributed by atoms with Gasteiger partial charge in [-0.15, -0.1) is 0 Å². The second-order valence-electron chi connectivity index (χ2n) is 6.02. The maximum atomic E-state index is 13.1. The maximum absolute atomic E-state index is 13.1. The van der Waals surface area contributed by atoms with Crippen LogP contribution in [0.1, 0.15) is 25.8 Å². The molecule has 1 aromatic carbocycles. The van der Waals surface area contributed by atoms with Gasteiger partial charge in [-0.3, -0.25) is 0 Å². The molecule has 0 heterocycles. The number of benzene rings is 1. The number of carbonyl (C=O) groups is 1. The molecule has 3 N–H and O–H groups in total. The van der Waals surface area contributed by atoms with Gasteiger partial charge in [0.15, 0.2) is 0 Å². The second-order valence-corrected chi connectivity index (χ2v) is 6.42. The second kappa shape index (κ2) is 9.05. The lowest BCUT2D eigenvalue weighted by atomic mass is 9.84. The van der Waals surface area contributed by atoms with Gasteiger partial charge in [0.2, 0.25) is 0 Å². The molecule has 2 amide bonds. The number of urea groups is 1. The van der Waals surface area contributed by atoms with Gasteiger partial charge in [-0.2, -0.15) is 0 Å². The van der Waals surface area contributed by atoms with Crippen molar-refractivity contribution in [3.63, 3.8) is 0 Å². The number of methoxy groups -OCH3 is 1. The van der Waals surface area contributed by atoms with E-state index in [1.54, 1.807) is 6.07 Å². The van der Waals surface area contributed by atoms with Gasteiger partial charge in [-0.25, -0.2) is 9.18 Å². The van der Waals surface area contributed by atoms with Gasteiger partial charge in [0.05, 0.1) is 12.7 Å². The number of aliphatic hydroxyl groups excluding tert-OH is 1. The van der Waals surface area contributed by atoms with Crippen LogP contribution in [0.2, 0.25) is 5.02 Å². The number of aliphatic hydroxyl groups is 1. The van der Waals surface area contributed by atoms with Crippen LogP contribution in [-0.4, -0.2) is 44.0 Å². The van der Waals surface area contributed by atoms with E-state index in [0.29, 0.717) is 24.5 Å². The zero-order chi connectivity index (χ0) is 17.5. The molecule has 0 radical (unpaired) electrons. The highest BCUT2D eigenvalue weighted by atomic mass is 35.5. The van der Waals surface area contributed by atoms with Gasteiger partial charge in [0, 0.05) is 30.6 Å². The molecule has 0 bridgehead atoms. The van der Waals surface area contributed by atoms with Crippen LogP contribution in [-0.2, 0) is 10.2 Å². The average molecular weight is 347 g/mol. The van der Waals surface area contributed by atoms with E-state index in [2.05, 4.69) is 10.6 Å². The van der Waals surface area contributed by atoms with Crippen molar-refractivity contribution in [1.82, 2.24) is 10.6 Å². The standard InChI is InChI=1S/C16H24ClFN2O3/c1-16(2,13-5-4-11(18)8-14(13)17)10-20-15(22)19-7-6-12(21)9-23-3/h4-5,8,12,21H,6-7,9-10H2,1-3H3,(H2,19,20,22). The molecular formula is C16H24ClFN2O3. The van der Waals surface area contributed by atoms with E-state index < -0.39 is 17.3 Å². The molecule has 0 aromatic heterocycles. The molecule has 0 saturated carbocycles. The molecular weight excluding hydrogens is 323 g/mol. The largest absolute Gasteiger partial charge is 0.391 e. The monoisotopic (exact) mass is 346 g/mol. The Hall–Kier alpha value is -1.37. The maximum Gasteiger partial charge on any atom is 0.314 e. The number of hydrogen-bond donors (Lipinski definition) is 3. The summed E-state index contributed by atoms with van der Waals surface area (Å²) in [6.45, 7) is 4.74. The zero-order valence-electron chi connectivity index (χ0n) is 13.7. The molecule has 1 aromatic rings. The number of ether oxygens (including phenoxy) is 1. The summed E-state index contributed by atoms with van der Waals surface area (Å²) >= 11 is 6.07. The molecule has 0 fully saturated rings. The van der Waals surface area contributed by atoms with Gasteiger partial charge in [0.25, 0.3) is 0 Å². The van der Waals surface area contributed by atoms with E-state index >= 15 is 0 Å². The van der Waals surface area contributed by atoms with Gasteiger partial charge in [0.1, 0.15) is 5.82 Å². The third-order valence-electron chi connectivity index (χ3n) is 3.47. The minimum Gasteiger partial charge on any atom is -0.391 e. The summed E-state index contributed by atoms with van der Waals surface area (Å²) in [5.74, 6) is -0.394. The lowest BCUT2D eigenvalue weighted by Crippen LogP contribution is -2.43. The number of amides is 2. The van der Waals surface area contributed by atoms with Crippen molar-refractivity contribution in [1.29, 1.82) is 0 Å². The smallest absolute Gasteiger partial charge is 0.314 e. The summed E-state index contributed by atoms with van der Waals surface area (Å²) in [6, 6.07) is 3.90. The molecule has 1 unspecified atom stereocenters. The van der Waals surface area contributed by atoms with E-state index in [-0.39, 0.29) is 12.6 Å². The molecule has 0 spiro atoms. The first-order chi connectivity index (χ1) is 10.8. The van der Waals surface area contributed by atoms with Crippen LogP contribution in [0.3, 0.4) is 0 Å². The van der Waals surface area contributed by atoms with Crippen molar-refractivity contribution in [2.24, 2.45) is 0 Å². The lowest BCUT2D eigenvalue weighted by molar-refractivity contribution is 0.0598. The minimum atomic E-state index is -0.602. The van der Waals surface area contributed by atoms with E-state index in [0.717, 1.165) is 5.56 Å². The number of hydrogen-bond acceptors (Lipinski definition) is 3. The highest BCUT2D eigenvalue weighted by Gasteiger charge is 2.24. The fourth-order valence-electron chi connectivity index (χ4n) is 2.13. The number of nitrogens with one attached hydrogen (secondary N) is 2. The summed E-state index contributed by atoms with van der Waals surface area (Å²) in [7, 11) is 1.51. The Morgan fingerprint density at radius 3 is 2.74 bits per heavy atom. The van der Waals surface area contributed by atoms with Gasteiger partial charge in [-0.05, 0) is 24.1 Å². The molecule has 0 aliphatic heterocycles. The Balaban J connectivity index is 2.44. The highest BCUT2D eigenvalue weighted by Crippen LogP contribution is 2.29. The van der Waals surface area contributed by atoms with Crippen LogP contribution in [0.15, 0.2) is 18.2 Å². The number of carbonyl (C=O) groups excluding carboxylic acids is 1. The Kier molecular flexibility index (Phi) is 7.75. The molecule has 0 aliphatic carbocycles. The van der Waals surface area contributed by atoms with Crippen LogP contribution >= 0.6 is 11.6 Å². The SMILES string of the molecule is COCC(O)CCNC(=O)NCC(C)(C)c1ccc(F)cc1Cl. The highest BCUT2D eigenvalue weighted by molar-refractivity contribution is 6.31. The van der Waals surface area contributed by atoms with E-state index in [4.69, 9.17) is 16.3 Å². The number of halogens is 2. The minimum absolute atomic E-state index is 0.236. The predicted molar refractivity (Wildman–Crippen MR) is 88.3 cm³/mol. The van der Waals surface area contributed by atoms with E-state index in [1.807, 2.05) is 13.8 Å². The van der Waals surface area contributed by atoms with Crippen molar-refractivity contribution < 1.29 is 19.0 Å².